The van der Waals surface area contributed by atoms with Crippen LogP contribution in [-0.4, -0.2) is 35.8 Å². The Hall–Kier alpha value is -3.35. The number of piperidine rings is 1. The van der Waals surface area contributed by atoms with Crippen LogP contribution in [-0.2, 0) is 11.3 Å². The third-order valence-electron chi connectivity index (χ3n) is 4.85. The molecule has 0 aromatic heterocycles. The fourth-order valence-electron chi connectivity index (χ4n) is 3.23. The number of anilines is 1. The molecule has 0 unspecified atom stereocenters. The van der Waals surface area contributed by atoms with Gasteiger partial charge in [0.25, 0.3) is 0 Å². The molecule has 146 valence electrons. The van der Waals surface area contributed by atoms with Crippen molar-refractivity contribution < 1.29 is 14.4 Å². The van der Waals surface area contributed by atoms with Gasteiger partial charge in [-0.05, 0) is 42.7 Å². The Bertz CT molecular complexity index is 846. The highest BCUT2D eigenvalue weighted by Gasteiger charge is 2.27. The smallest absolute Gasteiger partial charge is 0.317 e. The van der Waals surface area contributed by atoms with E-state index < -0.39 is 5.91 Å². The zero-order valence-corrected chi connectivity index (χ0v) is 15.6. The van der Waals surface area contributed by atoms with E-state index in [1.165, 1.54) is 0 Å². The molecule has 4 N–H and O–H groups in total. The van der Waals surface area contributed by atoms with Gasteiger partial charge in [-0.3, -0.25) is 9.59 Å². The maximum Gasteiger partial charge on any atom is 0.317 e. The second-order valence-electron chi connectivity index (χ2n) is 6.84. The number of primary amides is 1. The molecule has 28 heavy (non-hydrogen) atoms. The Morgan fingerprint density at radius 3 is 2.39 bits per heavy atom. The molecular formula is C21H24N4O3. The van der Waals surface area contributed by atoms with E-state index in [2.05, 4.69) is 10.6 Å². The lowest BCUT2D eigenvalue weighted by atomic mass is 9.96. The van der Waals surface area contributed by atoms with Crippen LogP contribution in [0.5, 0.6) is 0 Å². The van der Waals surface area contributed by atoms with Gasteiger partial charge >= 0.3 is 6.03 Å². The van der Waals surface area contributed by atoms with E-state index in [-0.39, 0.29) is 17.9 Å². The van der Waals surface area contributed by atoms with Crippen LogP contribution in [0.3, 0.4) is 0 Å². The van der Waals surface area contributed by atoms with Crippen LogP contribution >= 0.6 is 0 Å². The van der Waals surface area contributed by atoms with Crippen LogP contribution in [0.1, 0.15) is 28.8 Å². The first kappa shape index (κ1) is 19.4. The number of likely N-dealkylation sites (tertiary alicyclic amines) is 1. The molecule has 0 aliphatic carbocycles. The molecule has 1 saturated heterocycles. The number of nitrogens with one attached hydrogen (secondary N) is 2. The third kappa shape index (κ3) is 5.09. The Balaban J connectivity index is 1.45. The number of urea groups is 1. The first-order chi connectivity index (χ1) is 13.5. The van der Waals surface area contributed by atoms with Crippen molar-refractivity contribution in [3.63, 3.8) is 0 Å². The molecule has 0 spiro atoms. The highest BCUT2D eigenvalue weighted by molar-refractivity contribution is 5.93. The van der Waals surface area contributed by atoms with Gasteiger partial charge in [0, 0.05) is 36.8 Å². The third-order valence-corrected chi connectivity index (χ3v) is 4.85. The molecule has 0 radical (unpaired) electrons. The quantitative estimate of drug-likeness (QED) is 0.741. The van der Waals surface area contributed by atoms with Gasteiger partial charge in [0.15, 0.2) is 0 Å². The van der Waals surface area contributed by atoms with Crippen molar-refractivity contribution in [1.82, 2.24) is 10.2 Å². The Kier molecular flexibility index (Phi) is 6.26. The van der Waals surface area contributed by atoms with Crippen molar-refractivity contribution in [2.45, 2.75) is 19.4 Å². The largest absolute Gasteiger partial charge is 0.366 e. The fraction of sp³-hybridized carbons (Fsp3) is 0.286. The molecule has 0 bridgehead atoms. The predicted octanol–water partition coefficient (Wildman–Crippen LogP) is 2.35. The van der Waals surface area contributed by atoms with Crippen LogP contribution < -0.4 is 16.4 Å². The average Bonchev–Trinajstić information content (AvgIpc) is 2.73. The summed E-state index contributed by atoms with van der Waals surface area (Å²) in [5.74, 6) is -0.602. The maximum atomic E-state index is 12.4. The summed E-state index contributed by atoms with van der Waals surface area (Å²) in [5.41, 5.74) is 7.28. The van der Waals surface area contributed by atoms with Gasteiger partial charge in [0.2, 0.25) is 11.8 Å². The van der Waals surface area contributed by atoms with Crippen molar-refractivity contribution in [2.75, 3.05) is 18.4 Å². The number of carbonyl (C=O) groups is 3. The lowest BCUT2D eigenvalue weighted by molar-refractivity contribution is -0.121. The van der Waals surface area contributed by atoms with Crippen LogP contribution in [0.2, 0.25) is 0 Å². The molecule has 3 rings (SSSR count). The highest BCUT2D eigenvalue weighted by atomic mass is 16.2. The van der Waals surface area contributed by atoms with E-state index in [0.717, 1.165) is 11.3 Å². The van der Waals surface area contributed by atoms with E-state index in [9.17, 15) is 14.4 Å². The summed E-state index contributed by atoms with van der Waals surface area (Å²) in [7, 11) is 0. The molecule has 2 aromatic carbocycles. The monoisotopic (exact) mass is 380 g/mol. The van der Waals surface area contributed by atoms with Crippen molar-refractivity contribution in [2.24, 2.45) is 11.7 Å². The first-order valence-corrected chi connectivity index (χ1v) is 9.30. The van der Waals surface area contributed by atoms with Crippen LogP contribution in [0, 0.1) is 5.92 Å². The summed E-state index contributed by atoms with van der Waals surface area (Å²) < 4.78 is 0. The molecule has 1 aliphatic heterocycles. The van der Waals surface area contributed by atoms with Crippen molar-refractivity contribution in [1.29, 1.82) is 0 Å². The van der Waals surface area contributed by atoms with Crippen molar-refractivity contribution in [3.8, 4) is 0 Å². The van der Waals surface area contributed by atoms with Gasteiger partial charge in [-0.2, -0.15) is 0 Å². The number of nitrogens with zero attached hydrogens (tertiary/aromatic N) is 1. The zero-order chi connectivity index (χ0) is 19.9. The average molecular weight is 380 g/mol. The molecule has 1 heterocycles. The van der Waals surface area contributed by atoms with Crippen LogP contribution in [0.15, 0.2) is 54.6 Å². The highest BCUT2D eigenvalue weighted by Crippen LogP contribution is 2.19. The second-order valence-corrected chi connectivity index (χ2v) is 6.84. The Morgan fingerprint density at radius 2 is 1.71 bits per heavy atom. The maximum absolute atomic E-state index is 12.4. The second kappa shape index (κ2) is 9.03. The van der Waals surface area contributed by atoms with Crippen molar-refractivity contribution >= 4 is 23.5 Å². The topological polar surface area (TPSA) is 105 Å². The van der Waals surface area contributed by atoms with Gasteiger partial charge in [-0.1, -0.05) is 30.3 Å². The minimum absolute atomic E-state index is 0.00507. The number of para-hydroxylation sites is 1. The lowest BCUT2D eigenvalue weighted by Gasteiger charge is -2.31. The molecule has 1 aliphatic rings. The minimum Gasteiger partial charge on any atom is -0.366 e. The molecule has 0 saturated carbocycles. The number of amides is 4. The molecule has 7 nitrogen and oxygen atoms in total. The summed E-state index contributed by atoms with van der Waals surface area (Å²) in [5, 5.41) is 5.77. The molecular weight excluding hydrogens is 356 g/mol. The standard InChI is InChI=1S/C21H24N4O3/c22-19(26)17-6-4-5-15(13-17)14-23-21(28)25-11-9-16(10-12-25)20(27)24-18-7-2-1-3-8-18/h1-8,13,16H,9-12,14H2,(H2,22,26)(H,23,28)(H,24,27). The predicted molar refractivity (Wildman–Crippen MR) is 107 cm³/mol. The van der Waals surface area contributed by atoms with E-state index in [0.29, 0.717) is 38.0 Å². The summed E-state index contributed by atoms with van der Waals surface area (Å²) >= 11 is 0. The fourth-order valence-corrected chi connectivity index (χ4v) is 3.23. The minimum atomic E-state index is -0.496. The van der Waals surface area contributed by atoms with Gasteiger partial charge < -0.3 is 21.3 Å². The van der Waals surface area contributed by atoms with Crippen LogP contribution in [0.25, 0.3) is 0 Å². The van der Waals surface area contributed by atoms with E-state index in [1.807, 2.05) is 36.4 Å². The number of rotatable bonds is 5. The van der Waals surface area contributed by atoms with Crippen molar-refractivity contribution in [3.05, 3.63) is 65.7 Å². The first-order valence-electron chi connectivity index (χ1n) is 9.30. The molecule has 4 amide bonds. The molecule has 7 heteroatoms. The SMILES string of the molecule is NC(=O)c1cccc(CNC(=O)N2CCC(C(=O)Nc3ccccc3)CC2)c1. The Labute approximate surface area is 163 Å². The summed E-state index contributed by atoms with van der Waals surface area (Å²) in [6.07, 6.45) is 1.26. The number of hydrogen-bond acceptors (Lipinski definition) is 3. The molecule has 2 aromatic rings. The van der Waals surface area contributed by atoms with Gasteiger partial charge in [-0.25, -0.2) is 4.79 Å². The molecule has 0 atom stereocenters. The number of nitrogens with two attached hydrogens (primary N) is 1. The van der Waals surface area contributed by atoms with E-state index in [4.69, 9.17) is 5.73 Å². The van der Waals surface area contributed by atoms with E-state index in [1.54, 1.807) is 23.1 Å². The van der Waals surface area contributed by atoms with Gasteiger partial charge in [-0.15, -0.1) is 0 Å². The number of hydrogen-bond donors (Lipinski definition) is 3. The number of carbonyl (C=O) groups excluding carboxylic acids is 3. The molecule has 1 fully saturated rings. The number of benzene rings is 2. The summed E-state index contributed by atoms with van der Waals surface area (Å²) in [4.78, 5) is 37.7. The van der Waals surface area contributed by atoms with Gasteiger partial charge in [0.05, 0.1) is 0 Å². The summed E-state index contributed by atoms with van der Waals surface area (Å²) in [6, 6.07) is 16.1. The zero-order valence-electron chi connectivity index (χ0n) is 15.6. The lowest BCUT2D eigenvalue weighted by Crippen LogP contribution is -2.45. The normalized spacial score (nSPS) is 14.4. The van der Waals surface area contributed by atoms with Crippen LogP contribution in [0.4, 0.5) is 10.5 Å². The Morgan fingerprint density at radius 1 is 1.00 bits per heavy atom. The van der Waals surface area contributed by atoms with Gasteiger partial charge in [0.1, 0.15) is 0 Å². The summed E-state index contributed by atoms with van der Waals surface area (Å²) in [6.45, 7) is 1.37. The van der Waals surface area contributed by atoms with E-state index >= 15 is 0 Å².